The molecular weight excluding hydrogens is 236 g/mol. The van der Waals surface area contributed by atoms with Crippen molar-refractivity contribution in [3.05, 3.63) is 35.4 Å². The number of benzene rings is 1. The van der Waals surface area contributed by atoms with E-state index in [9.17, 15) is 0 Å². The van der Waals surface area contributed by atoms with E-state index < -0.39 is 0 Å². The smallest absolute Gasteiger partial charge is 0.119 e. The van der Waals surface area contributed by atoms with Crippen LogP contribution in [0.25, 0.3) is 6.08 Å². The van der Waals surface area contributed by atoms with E-state index in [2.05, 4.69) is 42.3 Å². The van der Waals surface area contributed by atoms with Crippen LogP contribution in [0.3, 0.4) is 0 Å². The van der Waals surface area contributed by atoms with Crippen LogP contribution < -0.4 is 10.1 Å². The van der Waals surface area contributed by atoms with E-state index in [1.54, 1.807) is 0 Å². The van der Waals surface area contributed by atoms with Gasteiger partial charge >= 0.3 is 0 Å². The lowest BCUT2D eigenvalue weighted by Gasteiger charge is -2.12. The molecule has 1 atom stereocenters. The Hall–Kier alpha value is -1.32. The van der Waals surface area contributed by atoms with Crippen molar-refractivity contribution in [3.63, 3.8) is 0 Å². The zero-order valence-electron chi connectivity index (χ0n) is 12.7. The number of nitrogens with one attached hydrogen (secondary N) is 1. The van der Waals surface area contributed by atoms with Gasteiger partial charge in [0.2, 0.25) is 0 Å². The third-order valence-corrected chi connectivity index (χ3v) is 3.20. The maximum Gasteiger partial charge on any atom is 0.119 e. The first-order valence-electron chi connectivity index (χ1n) is 6.76. The molecule has 106 valence electrons. The lowest BCUT2D eigenvalue weighted by molar-refractivity contribution is 0.261. The molecule has 3 heteroatoms. The summed E-state index contributed by atoms with van der Waals surface area (Å²) >= 11 is 0. The maximum atomic E-state index is 5.67. The third kappa shape index (κ3) is 5.90. The minimum atomic E-state index is 0.399. The Kier molecular flexibility index (Phi) is 6.60. The van der Waals surface area contributed by atoms with Crippen molar-refractivity contribution in [3.8, 4) is 5.75 Å². The maximum absolute atomic E-state index is 5.67. The largest absolute Gasteiger partial charge is 0.492 e. The second kappa shape index (κ2) is 7.97. The first kappa shape index (κ1) is 15.7. The highest BCUT2D eigenvalue weighted by Crippen LogP contribution is 2.15. The number of hydrogen-bond donors (Lipinski definition) is 1. The summed E-state index contributed by atoms with van der Waals surface area (Å²) in [6.07, 6.45) is 2.20. The molecule has 3 nitrogen and oxygen atoms in total. The SMILES string of the molecule is CNC(C)/C(C)=C/c1ccc(OCCN(C)C)cc1. The molecule has 1 unspecified atom stereocenters. The molecule has 0 aliphatic heterocycles. The van der Waals surface area contributed by atoms with Gasteiger partial charge in [-0.25, -0.2) is 0 Å². The Labute approximate surface area is 117 Å². The fourth-order valence-electron chi connectivity index (χ4n) is 1.62. The highest BCUT2D eigenvalue weighted by molar-refractivity contribution is 5.54. The summed E-state index contributed by atoms with van der Waals surface area (Å²) in [5, 5.41) is 3.24. The molecule has 0 heterocycles. The highest BCUT2D eigenvalue weighted by atomic mass is 16.5. The second-order valence-electron chi connectivity index (χ2n) is 5.12. The molecule has 0 aromatic heterocycles. The Morgan fingerprint density at radius 2 is 1.95 bits per heavy atom. The van der Waals surface area contributed by atoms with Gasteiger partial charge in [0.25, 0.3) is 0 Å². The Morgan fingerprint density at radius 3 is 2.47 bits per heavy atom. The Bertz CT molecular complexity index is 396. The van der Waals surface area contributed by atoms with E-state index in [1.807, 2.05) is 33.3 Å². The fraction of sp³-hybridized carbons (Fsp3) is 0.500. The quantitative estimate of drug-likeness (QED) is 0.817. The lowest BCUT2D eigenvalue weighted by atomic mass is 10.1. The number of hydrogen-bond acceptors (Lipinski definition) is 3. The van der Waals surface area contributed by atoms with Crippen LogP contribution in [0.2, 0.25) is 0 Å². The van der Waals surface area contributed by atoms with Gasteiger partial charge < -0.3 is 15.0 Å². The number of ether oxygens (including phenoxy) is 1. The normalized spacial score (nSPS) is 13.7. The van der Waals surface area contributed by atoms with Gasteiger partial charge in [-0.3, -0.25) is 0 Å². The third-order valence-electron chi connectivity index (χ3n) is 3.20. The van der Waals surface area contributed by atoms with Crippen LogP contribution >= 0.6 is 0 Å². The summed E-state index contributed by atoms with van der Waals surface area (Å²) in [6, 6.07) is 8.64. The lowest BCUT2D eigenvalue weighted by Crippen LogP contribution is -2.21. The minimum absolute atomic E-state index is 0.399. The van der Waals surface area contributed by atoms with E-state index in [0.29, 0.717) is 6.04 Å². The van der Waals surface area contributed by atoms with Gasteiger partial charge in [-0.1, -0.05) is 23.8 Å². The van der Waals surface area contributed by atoms with E-state index >= 15 is 0 Å². The van der Waals surface area contributed by atoms with Gasteiger partial charge in [0.05, 0.1) is 0 Å². The second-order valence-corrected chi connectivity index (χ2v) is 5.12. The van der Waals surface area contributed by atoms with Crippen molar-refractivity contribution < 1.29 is 4.74 Å². The summed E-state index contributed by atoms with van der Waals surface area (Å²) in [7, 11) is 6.07. The molecule has 0 fully saturated rings. The van der Waals surface area contributed by atoms with Gasteiger partial charge in [-0.15, -0.1) is 0 Å². The fourth-order valence-corrected chi connectivity index (χ4v) is 1.62. The van der Waals surface area contributed by atoms with Gasteiger partial charge in [0, 0.05) is 12.6 Å². The summed E-state index contributed by atoms with van der Waals surface area (Å²) in [5.74, 6) is 0.929. The topological polar surface area (TPSA) is 24.5 Å². The van der Waals surface area contributed by atoms with Crippen molar-refractivity contribution in [1.82, 2.24) is 10.2 Å². The average molecular weight is 262 g/mol. The van der Waals surface area contributed by atoms with E-state index in [-0.39, 0.29) is 0 Å². The van der Waals surface area contributed by atoms with Crippen molar-refractivity contribution in [1.29, 1.82) is 0 Å². The van der Waals surface area contributed by atoms with Crippen LogP contribution in [0.4, 0.5) is 0 Å². The van der Waals surface area contributed by atoms with Crippen molar-refractivity contribution in [2.24, 2.45) is 0 Å². The minimum Gasteiger partial charge on any atom is -0.492 e. The van der Waals surface area contributed by atoms with Gasteiger partial charge in [0.1, 0.15) is 12.4 Å². The predicted molar refractivity (Wildman–Crippen MR) is 82.7 cm³/mol. The predicted octanol–water partition coefficient (Wildman–Crippen LogP) is 2.64. The summed E-state index contributed by atoms with van der Waals surface area (Å²) in [6.45, 7) is 5.95. The van der Waals surface area contributed by atoms with Gasteiger partial charge in [-0.2, -0.15) is 0 Å². The van der Waals surface area contributed by atoms with Crippen LogP contribution in [-0.4, -0.2) is 45.2 Å². The van der Waals surface area contributed by atoms with Crippen LogP contribution in [0.15, 0.2) is 29.8 Å². The Morgan fingerprint density at radius 1 is 1.32 bits per heavy atom. The molecule has 0 aliphatic rings. The van der Waals surface area contributed by atoms with Crippen LogP contribution in [0, 0.1) is 0 Å². The van der Waals surface area contributed by atoms with Crippen molar-refractivity contribution >= 4 is 6.08 Å². The van der Waals surface area contributed by atoms with Crippen LogP contribution in [-0.2, 0) is 0 Å². The van der Waals surface area contributed by atoms with Gasteiger partial charge in [-0.05, 0) is 52.7 Å². The number of nitrogens with zero attached hydrogens (tertiary/aromatic N) is 1. The van der Waals surface area contributed by atoms with Gasteiger partial charge in [0.15, 0.2) is 0 Å². The average Bonchev–Trinajstić information content (AvgIpc) is 2.39. The first-order valence-corrected chi connectivity index (χ1v) is 6.76. The van der Waals surface area contributed by atoms with E-state index in [0.717, 1.165) is 18.9 Å². The molecule has 19 heavy (non-hydrogen) atoms. The zero-order chi connectivity index (χ0) is 14.3. The summed E-state index contributed by atoms with van der Waals surface area (Å²) in [4.78, 5) is 2.11. The van der Waals surface area contributed by atoms with E-state index in [4.69, 9.17) is 4.74 Å². The van der Waals surface area contributed by atoms with Crippen molar-refractivity contribution in [2.75, 3.05) is 34.3 Å². The zero-order valence-corrected chi connectivity index (χ0v) is 12.7. The molecule has 0 amide bonds. The number of rotatable bonds is 7. The molecule has 0 saturated carbocycles. The molecule has 0 aliphatic carbocycles. The molecule has 0 bridgehead atoms. The van der Waals surface area contributed by atoms with E-state index in [1.165, 1.54) is 11.1 Å². The monoisotopic (exact) mass is 262 g/mol. The number of likely N-dealkylation sites (N-methyl/N-ethyl adjacent to an activating group) is 2. The molecule has 0 spiro atoms. The Balaban J connectivity index is 2.56. The first-order chi connectivity index (χ1) is 9.02. The summed E-state index contributed by atoms with van der Waals surface area (Å²) in [5.41, 5.74) is 2.53. The highest BCUT2D eigenvalue weighted by Gasteiger charge is 2.00. The molecular formula is C16H26N2O. The molecule has 1 aromatic carbocycles. The van der Waals surface area contributed by atoms with Crippen molar-refractivity contribution in [2.45, 2.75) is 19.9 Å². The summed E-state index contributed by atoms with van der Waals surface area (Å²) < 4.78 is 5.67. The molecule has 1 N–H and O–H groups in total. The molecule has 1 rings (SSSR count). The van der Waals surface area contributed by atoms with Crippen LogP contribution in [0.1, 0.15) is 19.4 Å². The standard InChI is InChI=1S/C16H26N2O/c1-13(14(2)17-3)12-15-6-8-16(9-7-15)19-11-10-18(4)5/h6-9,12,14,17H,10-11H2,1-5H3/b13-12+. The molecule has 1 aromatic rings. The molecule has 0 radical (unpaired) electrons. The molecule has 0 saturated heterocycles. The van der Waals surface area contributed by atoms with Crippen LogP contribution in [0.5, 0.6) is 5.75 Å².